The van der Waals surface area contributed by atoms with Gasteiger partial charge in [0.05, 0.1) is 11.2 Å². The summed E-state index contributed by atoms with van der Waals surface area (Å²) in [5.41, 5.74) is 10.1. The lowest BCUT2D eigenvalue weighted by molar-refractivity contribution is 0.880. The van der Waals surface area contributed by atoms with E-state index in [-0.39, 0.29) is 0 Å². The summed E-state index contributed by atoms with van der Waals surface area (Å²) in [7, 11) is 2.11. The molecule has 0 fully saturated rings. The molecule has 0 amide bonds. The minimum atomic E-state index is 0.728. The summed E-state index contributed by atoms with van der Waals surface area (Å²) in [5.74, 6) is 0. The Morgan fingerprint density at radius 1 is 1.00 bits per heavy atom. The Hall–Kier alpha value is -2.55. The lowest BCUT2D eigenvalue weighted by atomic mass is 10.1. The van der Waals surface area contributed by atoms with Gasteiger partial charge in [0.25, 0.3) is 0 Å². The van der Waals surface area contributed by atoms with Gasteiger partial charge in [-0.2, -0.15) is 0 Å². The number of nitrogens with two attached hydrogens (primary N) is 1. The van der Waals surface area contributed by atoms with Crippen LogP contribution in [0.15, 0.2) is 60.8 Å². The standard InChI is InChI=1S/C18H19N3/c1-21(13-11-14-6-3-2-4-7-14)17-10-9-16(19)18-15(17)8-5-12-20-18/h2-10,12H,11,13,19H2,1H3. The molecule has 0 saturated carbocycles. The molecule has 1 heterocycles. The van der Waals surface area contributed by atoms with Crippen molar-refractivity contribution in [2.24, 2.45) is 0 Å². The zero-order valence-corrected chi connectivity index (χ0v) is 12.2. The van der Waals surface area contributed by atoms with Crippen molar-refractivity contribution in [2.75, 3.05) is 24.2 Å². The molecule has 21 heavy (non-hydrogen) atoms. The van der Waals surface area contributed by atoms with E-state index >= 15 is 0 Å². The van der Waals surface area contributed by atoms with Crippen molar-refractivity contribution in [2.45, 2.75) is 6.42 Å². The van der Waals surface area contributed by atoms with Crippen molar-refractivity contribution in [3.63, 3.8) is 0 Å². The Bertz CT molecular complexity index is 738. The minimum absolute atomic E-state index is 0.728. The predicted molar refractivity (Wildman–Crippen MR) is 89.6 cm³/mol. The maximum atomic E-state index is 6.01. The van der Waals surface area contributed by atoms with Crippen LogP contribution in [-0.2, 0) is 6.42 Å². The van der Waals surface area contributed by atoms with E-state index in [4.69, 9.17) is 5.73 Å². The molecule has 0 bridgehead atoms. The second-order valence-electron chi connectivity index (χ2n) is 5.23. The molecule has 0 atom stereocenters. The Morgan fingerprint density at radius 2 is 1.81 bits per heavy atom. The summed E-state index contributed by atoms with van der Waals surface area (Å²) in [6.07, 6.45) is 2.80. The van der Waals surface area contributed by atoms with Gasteiger partial charge in [-0.25, -0.2) is 0 Å². The third-order valence-corrected chi connectivity index (χ3v) is 3.77. The van der Waals surface area contributed by atoms with Gasteiger partial charge in [-0.3, -0.25) is 4.98 Å². The number of aromatic nitrogens is 1. The van der Waals surface area contributed by atoms with Crippen LogP contribution in [-0.4, -0.2) is 18.6 Å². The number of nitrogen functional groups attached to an aromatic ring is 1. The van der Waals surface area contributed by atoms with Crippen molar-refractivity contribution >= 4 is 22.3 Å². The summed E-state index contributed by atoms with van der Waals surface area (Å²) in [6.45, 7) is 0.956. The molecule has 3 nitrogen and oxygen atoms in total. The highest BCUT2D eigenvalue weighted by Gasteiger charge is 2.08. The van der Waals surface area contributed by atoms with Crippen molar-refractivity contribution in [1.82, 2.24) is 4.98 Å². The topological polar surface area (TPSA) is 42.1 Å². The number of nitrogens with zero attached hydrogens (tertiary/aromatic N) is 2. The van der Waals surface area contributed by atoms with Crippen LogP contribution in [0.25, 0.3) is 10.9 Å². The summed E-state index contributed by atoms with van der Waals surface area (Å²) in [4.78, 5) is 6.65. The third-order valence-electron chi connectivity index (χ3n) is 3.77. The van der Waals surface area contributed by atoms with E-state index in [2.05, 4.69) is 53.3 Å². The third kappa shape index (κ3) is 2.82. The van der Waals surface area contributed by atoms with E-state index in [1.165, 1.54) is 11.3 Å². The molecule has 0 aliphatic rings. The van der Waals surface area contributed by atoms with Crippen LogP contribution in [0.5, 0.6) is 0 Å². The fourth-order valence-corrected chi connectivity index (χ4v) is 2.57. The molecular weight excluding hydrogens is 258 g/mol. The number of fused-ring (bicyclic) bond motifs is 1. The molecule has 2 N–H and O–H groups in total. The molecule has 106 valence electrons. The quantitative estimate of drug-likeness (QED) is 0.742. The van der Waals surface area contributed by atoms with E-state index in [0.717, 1.165) is 29.6 Å². The number of hydrogen-bond acceptors (Lipinski definition) is 3. The number of pyridine rings is 1. The maximum absolute atomic E-state index is 6.01. The lowest BCUT2D eigenvalue weighted by Crippen LogP contribution is -2.20. The second-order valence-corrected chi connectivity index (χ2v) is 5.23. The van der Waals surface area contributed by atoms with Gasteiger partial charge in [-0.1, -0.05) is 30.3 Å². The van der Waals surface area contributed by atoms with E-state index in [9.17, 15) is 0 Å². The molecule has 0 aliphatic carbocycles. The molecule has 0 spiro atoms. The van der Waals surface area contributed by atoms with Crippen molar-refractivity contribution in [1.29, 1.82) is 0 Å². The molecule has 3 rings (SSSR count). The van der Waals surface area contributed by atoms with Gasteiger partial charge >= 0.3 is 0 Å². The number of benzene rings is 2. The van der Waals surface area contributed by atoms with Crippen LogP contribution in [0.4, 0.5) is 11.4 Å². The highest BCUT2D eigenvalue weighted by atomic mass is 15.1. The number of hydrogen-bond donors (Lipinski definition) is 1. The first kappa shape index (κ1) is 13.4. The van der Waals surface area contributed by atoms with Crippen molar-refractivity contribution < 1.29 is 0 Å². The average Bonchev–Trinajstić information content (AvgIpc) is 2.54. The number of likely N-dealkylation sites (N-methyl/N-ethyl adjacent to an activating group) is 1. The molecule has 0 aliphatic heterocycles. The van der Waals surface area contributed by atoms with Crippen molar-refractivity contribution in [3.8, 4) is 0 Å². The zero-order chi connectivity index (χ0) is 14.7. The number of rotatable bonds is 4. The first-order valence-electron chi connectivity index (χ1n) is 7.14. The molecule has 3 aromatic rings. The molecule has 3 heteroatoms. The smallest absolute Gasteiger partial charge is 0.0951 e. The van der Waals surface area contributed by atoms with Crippen LogP contribution in [0.3, 0.4) is 0 Å². The van der Waals surface area contributed by atoms with Crippen molar-refractivity contribution in [3.05, 3.63) is 66.4 Å². The van der Waals surface area contributed by atoms with Crippen LogP contribution >= 0.6 is 0 Å². The van der Waals surface area contributed by atoms with Gasteiger partial charge in [0, 0.05) is 30.9 Å². The summed E-state index contributed by atoms with van der Waals surface area (Å²) in [5, 5.41) is 1.10. The van der Waals surface area contributed by atoms with Gasteiger partial charge in [-0.15, -0.1) is 0 Å². The second kappa shape index (κ2) is 5.83. The van der Waals surface area contributed by atoms with Crippen LogP contribution in [0.2, 0.25) is 0 Å². The average molecular weight is 277 g/mol. The monoisotopic (exact) mass is 277 g/mol. The van der Waals surface area contributed by atoms with E-state index in [0.29, 0.717) is 0 Å². The van der Waals surface area contributed by atoms with Gasteiger partial charge in [0.15, 0.2) is 0 Å². The SMILES string of the molecule is CN(CCc1ccccc1)c1ccc(N)c2ncccc12. The minimum Gasteiger partial charge on any atom is -0.397 e. The van der Waals surface area contributed by atoms with E-state index < -0.39 is 0 Å². The summed E-state index contributed by atoms with van der Waals surface area (Å²) >= 11 is 0. The van der Waals surface area contributed by atoms with Gasteiger partial charge in [0.2, 0.25) is 0 Å². The van der Waals surface area contributed by atoms with E-state index in [1.54, 1.807) is 6.20 Å². The predicted octanol–water partition coefficient (Wildman–Crippen LogP) is 3.50. The largest absolute Gasteiger partial charge is 0.397 e. The molecule has 0 saturated heterocycles. The highest BCUT2D eigenvalue weighted by molar-refractivity contribution is 5.98. The first-order valence-corrected chi connectivity index (χ1v) is 7.14. The molecule has 2 aromatic carbocycles. The van der Waals surface area contributed by atoms with Crippen LogP contribution in [0, 0.1) is 0 Å². The van der Waals surface area contributed by atoms with Gasteiger partial charge in [0.1, 0.15) is 0 Å². The maximum Gasteiger partial charge on any atom is 0.0951 e. The lowest BCUT2D eigenvalue weighted by Gasteiger charge is -2.21. The molecular formula is C18H19N3. The first-order chi connectivity index (χ1) is 10.3. The fourth-order valence-electron chi connectivity index (χ4n) is 2.57. The zero-order valence-electron chi connectivity index (χ0n) is 12.2. The Kier molecular flexibility index (Phi) is 3.73. The Balaban J connectivity index is 1.85. The molecule has 0 radical (unpaired) electrons. The van der Waals surface area contributed by atoms with Crippen LogP contribution < -0.4 is 10.6 Å². The van der Waals surface area contributed by atoms with Gasteiger partial charge in [-0.05, 0) is 36.2 Å². The van der Waals surface area contributed by atoms with E-state index in [1.807, 2.05) is 18.2 Å². The highest BCUT2D eigenvalue weighted by Crippen LogP contribution is 2.28. The molecule has 1 aromatic heterocycles. The summed E-state index contributed by atoms with van der Waals surface area (Å²) in [6, 6.07) is 18.6. The van der Waals surface area contributed by atoms with Gasteiger partial charge < -0.3 is 10.6 Å². The number of anilines is 2. The molecule has 0 unspecified atom stereocenters. The normalized spacial score (nSPS) is 10.7. The Morgan fingerprint density at radius 3 is 2.62 bits per heavy atom. The Labute approximate surface area is 125 Å². The summed E-state index contributed by atoms with van der Waals surface area (Å²) < 4.78 is 0. The van der Waals surface area contributed by atoms with Crippen LogP contribution in [0.1, 0.15) is 5.56 Å². The fraction of sp³-hybridized carbons (Fsp3) is 0.167.